The molecule has 0 N–H and O–H groups in total. The van der Waals surface area contributed by atoms with Gasteiger partial charge in [0.05, 0.1) is 6.61 Å². The van der Waals surface area contributed by atoms with E-state index in [9.17, 15) is 13.6 Å². The molecule has 2 aromatic carbocycles. The number of nitrogens with zero attached hydrogens (tertiary/aromatic N) is 1. The molecule has 0 saturated carbocycles. The molecule has 30 heavy (non-hydrogen) atoms. The minimum absolute atomic E-state index is 0.00996. The van der Waals surface area contributed by atoms with Gasteiger partial charge in [-0.2, -0.15) is 8.78 Å². The lowest BCUT2D eigenvalue weighted by molar-refractivity contribution is -0.0514. The summed E-state index contributed by atoms with van der Waals surface area (Å²) in [6, 6.07) is 10.3. The maximum atomic E-state index is 12.6. The molecule has 1 heterocycles. The van der Waals surface area contributed by atoms with E-state index in [2.05, 4.69) is 4.74 Å². The summed E-state index contributed by atoms with van der Waals surface area (Å²) in [5, 5.41) is 0.903. The van der Waals surface area contributed by atoms with Gasteiger partial charge in [0.1, 0.15) is 5.58 Å². The average molecular weight is 417 g/mol. The van der Waals surface area contributed by atoms with Gasteiger partial charge in [0.15, 0.2) is 11.5 Å². The van der Waals surface area contributed by atoms with Crippen molar-refractivity contribution in [1.82, 2.24) is 4.90 Å². The summed E-state index contributed by atoms with van der Waals surface area (Å²) in [5.74, 6) is 0.288. The average Bonchev–Trinajstić information content (AvgIpc) is 2.65. The number of hydrogen-bond acceptors (Lipinski definition) is 5. The zero-order chi connectivity index (χ0) is 21.8. The first kappa shape index (κ1) is 21.8. The van der Waals surface area contributed by atoms with E-state index in [0.29, 0.717) is 25.3 Å². The largest absolute Gasteiger partial charge is 0.490 e. The van der Waals surface area contributed by atoms with Gasteiger partial charge >= 0.3 is 12.2 Å². The number of halogens is 2. The SMILES string of the molecule is CCOc1cc(CN(C)Cc2cc(=O)oc3cc(C)c(C)cc23)ccc1OC(F)F. The molecule has 0 amide bonds. The van der Waals surface area contributed by atoms with Crippen LogP contribution < -0.4 is 15.1 Å². The Hall–Kier alpha value is -2.93. The number of benzene rings is 2. The van der Waals surface area contributed by atoms with Crippen LogP contribution in [0.3, 0.4) is 0 Å². The first-order chi connectivity index (χ1) is 14.3. The Morgan fingerprint density at radius 3 is 2.47 bits per heavy atom. The fourth-order valence-electron chi connectivity index (χ4n) is 3.38. The molecule has 0 bridgehead atoms. The minimum Gasteiger partial charge on any atom is -0.490 e. The van der Waals surface area contributed by atoms with Crippen LogP contribution in [-0.2, 0) is 13.1 Å². The standard InChI is InChI=1S/C23H25F2NO4/c1-5-28-21-10-16(6-7-19(21)30-23(24)25)12-26(4)13-17-11-22(27)29-20-9-15(3)14(2)8-18(17)20/h6-11,23H,5,12-13H2,1-4H3. The van der Waals surface area contributed by atoms with Gasteiger partial charge in [-0.1, -0.05) is 6.07 Å². The van der Waals surface area contributed by atoms with Crippen LogP contribution in [0.5, 0.6) is 11.5 Å². The molecule has 0 aliphatic heterocycles. The van der Waals surface area contributed by atoms with Crippen molar-refractivity contribution in [3.05, 3.63) is 69.1 Å². The van der Waals surface area contributed by atoms with Crippen molar-refractivity contribution in [3.63, 3.8) is 0 Å². The fourth-order valence-corrected chi connectivity index (χ4v) is 3.38. The number of ether oxygens (including phenoxy) is 2. The van der Waals surface area contributed by atoms with Crippen LogP contribution in [0.25, 0.3) is 11.0 Å². The van der Waals surface area contributed by atoms with Crippen LogP contribution in [0.1, 0.15) is 29.2 Å². The molecule has 3 aromatic rings. The summed E-state index contributed by atoms with van der Waals surface area (Å²) in [5.41, 5.74) is 4.11. The van der Waals surface area contributed by atoms with Crippen molar-refractivity contribution in [2.24, 2.45) is 0 Å². The first-order valence-corrected chi connectivity index (χ1v) is 9.70. The number of aryl methyl sites for hydroxylation is 2. The lowest BCUT2D eigenvalue weighted by atomic mass is 10.0. The third-order valence-electron chi connectivity index (χ3n) is 4.86. The van der Waals surface area contributed by atoms with Crippen LogP contribution in [0, 0.1) is 13.8 Å². The van der Waals surface area contributed by atoms with E-state index in [-0.39, 0.29) is 17.1 Å². The molecule has 7 heteroatoms. The molecular weight excluding hydrogens is 392 g/mol. The van der Waals surface area contributed by atoms with Crippen molar-refractivity contribution in [2.75, 3.05) is 13.7 Å². The smallest absolute Gasteiger partial charge is 0.387 e. The molecule has 0 saturated heterocycles. The number of rotatable bonds is 8. The van der Waals surface area contributed by atoms with E-state index in [0.717, 1.165) is 27.6 Å². The Morgan fingerprint density at radius 1 is 1.03 bits per heavy atom. The highest BCUT2D eigenvalue weighted by Crippen LogP contribution is 2.30. The zero-order valence-corrected chi connectivity index (χ0v) is 17.5. The summed E-state index contributed by atoms with van der Waals surface area (Å²) in [6.07, 6.45) is 0. The van der Waals surface area contributed by atoms with Crippen molar-refractivity contribution in [1.29, 1.82) is 0 Å². The Balaban J connectivity index is 1.83. The van der Waals surface area contributed by atoms with Crippen LogP contribution in [0.15, 0.2) is 45.6 Å². The van der Waals surface area contributed by atoms with Gasteiger partial charge in [-0.15, -0.1) is 0 Å². The minimum atomic E-state index is -2.91. The second-order valence-corrected chi connectivity index (χ2v) is 7.29. The third-order valence-corrected chi connectivity index (χ3v) is 4.86. The van der Waals surface area contributed by atoms with Gasteiger partial charge in [0.2, 0.25) is 0 Å². The molecular formula is C23H25F2NO4. The van der Waals surface area contributed by atoms with Gasteiger partial charge < -0.3 is 13.9 Å². The molecule has 1 aromatic heterocycles. The molecule has 5 nitrogen and oxygen atoms in total. The molecule has 0 atom stereocenters. The maximum absolute atomic E-state index is 12.6. The van der Waals surface area contributed by atoms with Crippen LogP contribution in [0.4, 0.5) is 8.78 Å². The molecule has 0 aliphatic carbocycles. The lowest BCUT2D eigenvalue weighted by Crippen LogP contribution is -2.18. The molecule has 160 valence electrons. The van der Waals surface area contributed by atoms with E-state index in [1.807, 2.05) is 37.9 Å². The Bertz CT molecular complexity index is 1090. The van der Waals surface area contributed by atoms with Gasteiger partial charge in [-0.25, -0.2) is 4.79 Å². The molecule has 0 unspecified atom stereocenters. The summed E-state index contributed by atoms with van der Waals surface area (Å²) < 4.78 is 40.5. The zero-order valence-electron chi connectivity index (χ0n) is 17.5. The van der Waals surface area contributed by atoms with E-state index < -0.39 is 6.61 Å². The predicted molar refractivity (Wildman–Crippen MR) is 111 cm³/mol. The quantitative estimate of drug-likeness (QED) is 0.481. The van der Waals surface area contributed by atoms with E-state index in [4.69, 9.17) is 9.15 Å². The van der Waals surface area contributed by atoms with E-state index in [1.54, 1.807) is 19.1 Å². The summed E-state index contributed by atoms with van der Waals surface area (Å²) >= 11 is 0. The van der Waals surface area contributed by atoms with E-state index >= 15 is 0 Å². The normalized spacial score (nSPS) is 11.5. The van der Waals surface area contributed by atoms with E-state index in [1.165, 1.54) is 12.1 Å². The predicted octanol–water partition coefficient (Wildman–Crippen LogP) is 5.04. The van der Waals surface area contributed by atoms with Crippen molar-refractivity contribution in [2.45, 2.75) is 40.5 Å². The Morgan fingerprint density at radius 2 is 1.77 bits per heavy atom. The highest BCUT2D eigenvalue weighted by molar-refractivity contribution is 5.81. The molecule has 0 aliphatic rings. The van der Waals surface area contributed by atoms with Crippen molar-refractivity contribution >= 4 is 11.0 Å². The third kappa shape index (κ3) is 5.16. The van der Waals surface area contributed by atoms with Gasteiger partial charge in [-0.3, -0.25) is 4.90 Å². The van der Waals surface area contributed by atoms with Crippen LogP contribution in [-0.4, -0.2) is 25.2 Å². The van der Waals surface area contributed by atoms with Crippen molar-refractivity contribution in [3.8, 4) is 11.5 Å². The van der Waals surface area contributed by atoms with Gasteiger partial charge in [0.25, 0.3) is 0 Å². The summed E-state index contributed by atoms with van der Waals surface area (Å²) in [6.45, 7) is 4.24. The highest BCUT2D eigenvalue weighted by atomic mass is 19.3. The number of fused-ring (bicyclic) bond motifs is 1. The maximum Gasteiger partial charge on any atom is 0.387 e. The Kier molecular flexibility index (Phi) is 6.72. The second-order valence-electron chi connectivity index (χ2n) is 7.29. The Labute approximate surface area is 173 Å². The second kappa shape index (κ2) is 9.26. The molecule has 0 spiro atoms. The lowest BCUT2D eigenvalue weighted by Gasteiger charge is -2.19. The summed E-state index contributed by atoms with van der Waals surface area (Å²) in [4.78, 5) is 14.0. The fraction of sp³-hybridized carbons (Fsp3) is 0.348. The topological polar surface area (TPSA) is 51.9 Å². The van der Waals surface area contributed by atoms with Gasteiger partial charge in [-0.05, 0) is 74.3 Å². The summed E-state index contributed by atoms with van der Waals surface area (Å²) in [7, 11) is 1.92. The first-order valence-electron chi connectivity index (χ1n) is 9.70. The monoisotopic (exact) mass is 417 g/mol. The van der Waals surface area contributed by atoms with Crippen LogP contribution in [0.2, 0.25) is 0 Å². The van der Waals surface area contributed by atoms with Crippen LogP contribution >= 0.6 is 0 Å². The van der Waals surface area contributed by atoms with Gasteiger partial charge in [0, 0.05) is 24.5 Å². The number of alkyl halides is 2. The molecule has 3 rings (SSSR count). The molecule has 0 radical (unpaired) electrons. The molecule has 0 fully saturated rings. The highest BCUT2D eigenvalue weighted by Gasteiger charge is 2.14. The number of hydrogen-bond donors (Lipinski definition) is 0. The van der Waals surface area contributed by atoms with Crippen molar-refractivity contribution < 1.29 is 22.7 Å².